The Bertz CT molecular complexity index is 935. The third kappa shape index (κ3) is 8.53. The summed E-state index contributed by atoms with van der Waals surface area (Å²) in [7, 11) is 0. The molecule has 2 saturated carbocycles. The Labute approximate surface area is 235 Å². The zero-order chi connectivity index (χ0) is 28.2. The minimum Gasteiger partial charge on any atom is -0.444 e. The second kappa shape index (κ2) is 13.2. The molecule has 1 aromatic heterocycles. The topological polar surface area (TPSA) is 99.0 Å². The second-order valence-electron chi connectivity index (χ2n) is 13.4. The molecule has 2 aliphatic carbocycles. The van der Waals surface area contributed by atoms with Crippen LogP contribution in [0.4, 0.5) is 10.7 Å². The van der Waals surface area contributed by atoms with Crippen molar-refractivity contribution in [1.82, 2.24) is 14.9 Å². The van der Waals surface area contributed by atoms with Gasteiger partial charge >= 0.3 is 6.09 Å². The summed E-state index contributed by atoms with van der Waals surface area (Å²) in [4.78, 5) is 25.2. The lowest BCUT2D eigenvalue weighted by atomic mass is 9.90. The van der Waals surface area contributed by atoms with Gasteiger partial charge in [-0.3, -0.25) is 0 Å². The third-order valence-corrected chi connectivity index (χ3v) is 9.39. The molecule has 4 unspecified atom stereocenters. The van der Waals surface area contributed by atoms with Crippen molar-refractivity contribution in [2.24, 2.45) is 35.5 Å². The van der Waals surface area contributed by atoms with Gasteiger partial charge in [0.05, 0.1) is 0 Å². The van der Waals surface area contributed by atoms with Gasteiger partial charge in [0.2, 0.25) is 5.95 Å². The highest BCUT2D eigenvalue weighted by atomic mass is 16.6. The van der Waals surface area contributed by atoms with Gasteiger partial charge in [0.1, 0.15) is 5.60 Å². The van der Waals surface area contributed by atoms with E-state index < -0.39 is 5.60 Å². The lowest BCUT2D eigenvalue weighted by molar-refractivity contribution is 0.0173. The number of carbonyl (C=O) groups excluding carboxylic acids is 1. The van der Waals surface area contributed by atoms with Gasteiger partial charge in [-0.15, -0.1) is 0 Å². The van der Waals surface area contributed by atoms with Gasteiger partial charge in [-0.2, -0.15) is 0 Å². The van der Waals surface area contributed by atoms with Crippen molar-refractivity contribution in [3.8, 4) is 0 Å². The van der Waals surface area contributed by atoms with E-state index in [0.29, 0.717) is 13.2 Å². The Morgan fingerprint density at radius 2 is 1.44 bits per heavy atom. The first-order valence-corrected chi connectivity index (χ1v) is 15.3. The van der Waals surface area contributed by atoms with Crippen molar-refractivity contribution in [1.29, 1.82) is 0 Å². The highest BCUT2D eigenvalue weighted by Crippen LogP contribution is 2.50. The molecule has 2 aliphatic heterocycles. The van der Waals surface area contributed by atoms with Crippen LogP contribution in [0.15, 0.2) is 6.20 Å². The average Bonchev–Trinajstić information content (AvgIpc) is 3.83. The number of hydrogen-bond acceptors (Lipinski definition) is 7. The van der Waals surface area contributed by atoms with Crippen molar-refractivity contribution in [2.45, 2.75) is 91.6 Å². The van der Waals surface area contributed by atoms with Crippen LogP contribution < -0.4 is 4.90 Å². The number of aliphatic hydroxyl groups excluding tert-OH is 2. The minimum absolute atomic E-state index is 0.173. The monoisotopic (exact) mass is 544 g/mol. The van der Waals surface area contributed by atoms with Crippen molar-refractivity contribution < 1.29 is 19.7 Å². The molecule has 0 aromatic carbocycles. The van der Waals surface area contributed by atoms with Crippen molar-refractivity contribution in [3.05, 3.63) is 17.5 Å². The molecule has 1 amide bonds. The third-order valence-electron chi connectivity index (χ3n) is 9.39. The van der Waals surface area contributed by atoms with E-state index in [1.165, 1.54) is 25.7 Å². The maximum Gasteiger partial charge on any atom is 0.410 e. The quantitative estimate of drug-likeness (QED) is 0.499. The second-order valence-corrected chi connectivity index (χ2v) is 13.4. The summed E-state index contributed by atoms with van der Waals surface area (Å²) in [6, 6.07) is 0. The summed E-state index contributed by atoms with van der Waals surface area (Å²) in [6.07, 6.45) is 11.0. The number of nitrogens with zero attached hydrogens (tertiary/aromatic N) is 4. The molecule has 4 aliphatic rings. The smallest absolute Gasteiger partial charge is 0.410 e. The number of aromatic nitrogens is 2. The number of piperidine rings is 2. The molecule has 0 radical (unpaired) electrons. The lowest BCUT2D eigenvalue weighted by Crippen LogP contribution is -2.42. The maximum absolute atomic E-state index is 11.9. The molecule has 39 heavy (non-hydrogen) atoms. The van der Waals surface area contributed by atoms with E-state index >= 15 is 0 Å². The van der Waals surface area contributed by atoms with Crippen LogP contribution in [0.5, 0.6) is 0 Å². The summed E-state index contributed by atoms with van der Waals surface area (Å²) >= 11 is 0. The largest absolute Gasteiger partial charge is 0.444 e. The summed E-state index contributed by atoms with van der Waals surface area (Å²) in [6.45, 7) is 14.3. The fraction of sp³-hybridized carbons (Fsp3) is 0.839. The molecule has 5 rings (SSSR count). The fourth-order valence-electron chi connectivity index (χ4n) is 6.72. The number of likely N-dealkylation sites (tertiary alicyclic amines) is 1. The molecule has 8 nitrogen and oxygen atoms in total. The first kappa shape index (κ1) is 30.0. The van der Waals surface area contributed by atoms with E-state index in [1.807, 2.05) is 31.9 Å². The lowest BCUT2D eigenvalue weighted by Gasteiger charge is -2.33. The summed E-state index contributed by atoms with van der Waals surface area (Å²) < 4.78 is 5.40. The van der Waals surface area contributed by atoms with Gasteiger partial charge in [0.15, 0.2) is 0 Å². The Morgan fingerprint density at radius 1 is 0.923 bits per heavy atom. The first-order valence-electron chi connectivity index (χ1n) is 15.3. The number of aryl methyl sites for hydroxylation is 2. The predicted octanol–water partition coefficient (Wildman–Crippen LogP) is 4.98. The number of hydrogen-bond donors (Lipinski definition) is 2. The molecular formula is C31H52N4O4. The summed E-state index contributed by atoms with van der Waals surface area (Å²) in [5.74, 6) is 5.72. The highest BCUT2D eigenvalue weighted by Gasteiger charge is 2.44. The summed E-state index contributed by atoms with van der Waals surface area (Å²) in [5, 5.41) is 18.0. The number of aliphatic hydroxyl groups is 2. The highest BCUT2D eigenvalue weighted by molar-refractivity contribution is 5.68. The van der Waals surface area contributed by atoms with Crippen LogP contribution in [0.25, 0.3) is 0 Å². The molecule has 0 bridgehead atoms. The average molecular weight is 545 g/mol. The van der Waals surface area contributed by atoms with Gasteiger partial charge < -0.3 is 24.7 Å². The molecule has 0 spiro atoms. The number of carbonyl (C=O) groups is 1. The maximum atomic E-state index is 11.9. The van der Waals surface area contributed by atoms with E-state index in [4.69, 9.17) is 14.9 Å². The number of amides is 1. The van der Waals surface area contributed by atoms with Crippen molar-refractivity contribution in [3.63, 3.8) is 0 Å². The van der Waals surface area contributed by atoms with E-state index in [2.05, 4.69) is 28.7 Å². The summed E-state index contributed by atoms with van der Waals surface area (Å²) in [5.41, 5.74) is 1.84. The number of rotatable bonds is 7. The zero-order valence-electron chi connectivity index (χ0n) is 24.9. The van der Waals surface area contributed by atoms with Crippen LogP contribution in [0.2, 0.25) is 0 Å². The molecule has 2 saturated heterocycles. The van der Waals surface area contributed by atoms with Crippen molar-refractivity contribution >= 4 is 12.0 Å². The Hall–Kier alpha value is -1.93. The molecular weight excluding hydrogens is 492 g/mol. The first-order chi connectivity index (χ1) is 18.6. The molecule has 4 atom stereocenters. The minimum atomic E-state index is -0.406. The normalized spacial score (nSPS) is 27.6. The van der Waals surface area contributed by atoms with Crippen LogP contribution in [0.3, 0.4) is 0 Å². The predicted molar refractivity (Wildman–Crippen MR) is 154 cm³/mol. The molecule has 8 heteroatoms. The van der Waals surface area contributed by atoms with Crippen LogP contribution >= 0.6 is 0 Å². The number of anilines is 1. The van der Waals surface area contributed by atoms with E-state index in [-0.39, 0.29) is 6.09 Å². The van der Waals surface area contributed by atoms with Crippen LogP contribution in [-0.4, -0.2) is 76.2 Å². The molecule has 4 fully saturated rings. The van der Waals surface area contributed by atoms with Gasteiger partial charge in [0, 0.05) is 51.3 Å². The van der Waals surface area contributed by atoms with Gasteiger partial charge in [-0.05, 0) is 127 Å². The van der Waals surface area contributed by atoms with E-state index in [0.717, 1.165) is 105 Å². The van der Waals surface area contributed by atoms with E-state index in [9.17, 15) is 4.79 Å². The van der Waals surface area contributed by atoms with Gasteiger partial charge in [-0.25, -0.2) is 14.8 Å². The van der Waals surface area contributed by atoms with Gasteiger partial charge in [-0.1, -0.05) is 0 Å². The standard InChI is InChI=1S/C16H25N3O.C15H27NO3/c1-11-10-17-16(18-12(11)2)19-6-3-13(4-7-19)15-9-14(15)5-8-20;1-15(2,3)19-14(18)16-7-4-11(5-8-16)13-10-12(13)6-9-17/h10,13-15,20H,3-9H2,1-2H3;11-13,17H,4-10H2,1-3H3. The Morgan fingerprint density at radius 3 is 1.90 bits per heavy atom. The van der Waals surface area contributed by atoms with Crippen molar-refractivity contribution in [2.75, 3.05) is 44.3 Å². The van der Waals surface area contributed by atoms with Gasteiger partial charge in [0.25, 0.3) is 0 Å². The van der Waals surface area contributed by atoms with Crippen LogP contribution in [0.1, 0.15) is 83.4 Å². The molecule has 3 heterocycles. The van der Waals surface area contributed by atoms with Crippen LogP contribution in [-0.2, 0) is 4.74 Å². The Balaban J connectivity index is 0.000000181. The molecule has 220 valence electrons. The zero-order valence-corrected chi connectivity index (χ0v) is 24.9. The number of ether oxygens (including phenoxy) is 1. The molecule has 1 aromatic rings. The Kier molecular flexibility index (Phi) is 10.1. The van der Waals surface area contributed by atoms with E-state index in [1.54, 1.807) is 0 Å². The molecule has 2 N–H and O–H groups in total. The fourth-order valence-corrected chi connectivity index (χ4v) is 6.72. The van der Waals surface area contributed by atoms with Crippen LogP contribution in [0, 0.1) is 49.4 Å². The SMILES string of the molecule is CC(C)(C)OC(=O)N1CCC(C2CC2CCO)CC1.Cc1cnc(N2CCC(C3CC3CCO)CC2)nc1C.